The number of carbonyl (C=O) groups is 1. The number of hydrogen-bond donors (Lipinski definition) is 2. The first-order valence-corrected chi connectivity index (χ1v) is 7.29. The summed E-state index contributed by atoms with van der Waals surface area (Å²) in [4.78, 5) is 25.3. The number of nitrogens with one attached hydrogen (secondary N) is 1. The van der Waals surface area contributed by atoms with Crippen LogP contribution in [-0.2, 0) is 0 Å². The van der Waals surface area contributed by atoms with Crippen LogP contribution in [0.4, 0.5) is 5.69 Å². The van der Waals surface area contributed by atoms with Gasteiger partial charge in [-0.05, 0) is 18.2 Å². The van der Waals surface area contributed by atoms with Crippen molar-refractivity contribution in [2.45, 2.75) is 0 Å². The number of carboxylic acid groups (broad SMARTS) is 1. The Labute approximate surface area is 119 Å². The molecule has 104 valence electrons. The van der Waals surface area contributed by atoms with Crippen molar-refractivity contribution in [1.29, 1.82) is 0 Å². The Balaban J connectivity index is 2.06. The minimum atomic E-state index is -1.17. The topological polar surface area (TPSA) is 69.6 Å². The molecule has 1 aromatic carbocycles. The maximum absolute atomic E-state index is 12.1. The van der Waals surface area contributed by atoms with Crippen molar-refractivity contribution in [3.05, 3.63) is 39.4 Å². The van der Waals surface area contributed by atoms with Gasteiger partial charge in [-0.15, -0.1) is 11.3 Å². The van der Waals surface area contributed by atoms with Crippen LogP contribution >= 0.6 is 11.3 Å². The normalized spacial score (nSPS) is 15.5. The Morgan fingerprint density at radius 3 is 2.75 bits per heavy atom. The molecule has 1 aliphatic heterocycles. The van der Waals surface area contributed by atoms with Crippen molar-refractivity contribution < 1.29 is 9.90 Å². The maximum atomic E-state index is 12.1. The van der Waals surface area contributed by atoms with Crippen LogP contribution < -0.4 is 15.6 Å². The molecular formula is C14H14N2O3S. The first-order valence-electron chi connectivity index (χ1n) is 6.41. The fraction of sp³-hybridized carbons (Fsp3) is 0.286. The van der Waals surface area contributed by atoms with E-state index in [1.165, 1.54) is 16.7 Å². The highest BCUT2D eigenvalue weighted by Crippen LogP contribution is 2.24. The average Bonchev–Trinajstić information content (AvgIpc) is 2.48. The van der Waals surface area contributed by atoms with Crippen LogP contribution in [-0.4, -0.2) is 37.3 Å². The lowest BCUT2D eigenvalue weighted by Gasteiger charge is -2.29. The smallest absolute Gasteiger partial charge is 0.340 e. The van der Waals surface area contributed by atoms with Crippen LogP contribution in [0.3, 0.4) is 0 Å². The van der Waals surface area contributed by atoms with E-state index in [0.717, 1.165) is 36.6 Å². The van der Waals surface area contributed by atoms with Gasteiger partial charge in [0.2, 0.25) is 5.43 Å². The third kappa shape index (κ3) is 2.28. The molecule has 5 nitrogen and oxygen atoms in total. The predicted octanol–water partition coefficient (Wildman–Crippen LogP) is 1.37. The molecule has 1 fully saturated rings. The van der Waals surface area contributed by atoms with Crippen LogP contribution in [0.1, 0.15) is 10.4 Å². The van der Waals surface area contributed by atoms with Gasteiger partial charge < -0.3 is 15.3 Å². The molecule has 0 radical (unpaired) electrons. The van der Waals surface area contributed by atoms with E-state index in [4.69, 9.17) is 5.11 Å². The summed E-state index contributed by atoms with van der Waals surface area (Å²) in [7, 11) is 0. The number of piperazine rings is 1. The molecule has 20 heavy (non-hydrogen) atoms. The third-order valence-corrected chi connectivity index (χ3v) is 4.42. The lowest BCUT2D eigenvalue weighted by molar-refractivity contribution is 0.0696. The van der Waals surface area contributed by atoms with E-state index in [2.05, 4.69) is 10.2 Å². The van der Waals surface area contributed by atoms with Gasteiger partial charge in [-0.2, -0.15) is 0 Å². The van der Waals surface area contributed by atoms with Crippen molar-refractivity contribution >= 4 is 33.1 Å². The molecular weight excluding hydrogens is 276 g/mol. The Kier molecular flexibility index (Phi) is 3.42. The molecule has 0 spiro atoms. The second kappa shape index (κ2) is 5.22. The SMILES string of the molecule is O=C(O)c1csc2cc(N3CCNCC3)ccc2c1=O. The summed E-state index contributed by atoms with van der Waals surface area (Å²) < 4.78 is 0.830. The minimum absolute atomic E-state index is 0.155. The molecule has 3 rings (SSSR count). The van der Waals surface area contributed by atoms with Gasteiger partial charge in [0.05, 0.1) is 0 Å². The summed E-state index contributed by atoms with van der Waals surface area (Å²) in [5.74, 6) is -1.17. The van der Waals surface area contributed by atoms with Crippen molar-refractivity contribution in [3.63, 3.8) is 0 Å². The Morgan fingerprint density at radius 1 is 1.30 bits per heavy atom. The van der Waals surface area contributed by atoms with Crippen LogP contribution in [0, 0.1) is 0 Å². The summed E-state index contributed by atoms with van der Waals surface area (Å²) in [5.41, 5.74) is 0.522. The van der Waals surface area contributed by atoms with E-state index < -0.39 is 11.4 Å². The van der Waals surface area contributed by atoms with E-state index in [1.807, 2.05) is 12.1 Å². The third-order valence-electron chi connectivity index (χ3n) is 3.47. The molecule has 2 aromatic rings. The van der Waals surface area contributed by atoms with E-state index in [0.29, 0.717) is 5.39 Å². The monoisotopic (exact) mass is 290 g/mol. The molecule has 0 atom stereocenters. The molecule has 0 saturated carbocycles. The maximum Gasteiger partial charge on any atom is 0.340 e. The molecule has 0 amide bonds. The zero-order chi connectivity index (χ0) is 14.1. The number of fused-ring (bicyclic) bond motifs is 1. The van der Waals surface area contributed by atoms with Gasteiger partial charge in [0.1, 0.15) is 5.56 Å². The van der Waals surface area contributed by atoms with Crippen LogP contribution in [0.2, 0.25) is 0 Å². The molecule has 0 unspecified atom stereocenters. The molecule has 2 N–H and O–H groups in total. The van der Waals surface area contributed by atoms with Crippen molar-refractivity contribution in [2.24, 2.45) is 0 Å². The number of nitrogens with zero attached hydrogens (tertiary/aromatic N) is 1. The van der Waals surface area contributed by atoms with Gasteiger partial charge in [-0.3, -0.25) is 4.79 Å². The Hall–Kier alpha value is -1.92. The van der Waals surface area contributed by atoms with Crippen LogP contribution in [0.5, 0.6) is 0 Å². The molecule has 1 aromatic heterocycles. The number of anilines is 1. The van der Waals surface area contributed by atoms with E-state index in [-0.39, 0.29) is 5.56 Å². The first-order chi connectivity index (χ1) is 9.66. The van der Waals surface area contributed by atoms with Crippen LogP contribution in [0.15, 0.2) is 28.4 Å². The number of hydrogen-bond acceptors (Lipinski definition) is 5. The van der Waals surface area contributed by atoms with Gasteiger partial charge in [0, 0.05) is 47.3 Å². The highest BCUT2D eigenvalue weighted by atomic mass is 32.1. The largest absolute Gasteiger partial charge is 0.478 e. The average molecular weight is 290 g/mol. The lowest BCUT2D eigenvalue weighted by Crippen LogP contribution is -2.43. The molecule has 6 heteroatoms. The summed E-state index contributed by atoms with van der Waals surface area (Å²) in [6, 6.07) is 5.60. The standard InChI is InChI=1S/C14H14N2O3S/c17-13-10-2-1-9(16-5-3-15-4-6-16)7-12(10)20-8-11(13)14(18)19/h1-2,7-8,15H,3-6H2,(H,18,19). The van der Waals surface area contributed by atoms with E-state index in [9.17, 15) is 9.59 Å². The zero-order valence-corrected chi connectivity index (χ0v) is 11.6. The number of aromatic carboxylic acids is 1. The predicted molar refractivity (Wildman–Crippen MR) is 80.1 cm³/mol. The minimum Gasteiger partial charge on any atom is -0.478 e. The van der Waals surface area contributed by atoms with Gasteiger partial charge >= 0.3 is 5.97 Å². The van der Waals surface area contributed by atoms with Crippen molar-refractivity contribution in [2.75, 3.05) is 31.1 Å². The van der Waals surface area contributed by atoms with Crippen molar-refractivity contribution in [1.82, 2.24) is 5.32 Å². The van der Waals surface area contributed by atoms with Gasteiger partial charge in [-0.25, -0.2) is 4.79 Å². The summed E-state index contributed by atoms with van der Waals surface area (Å²) in [6.07, 6.45) is 0. The lowest BCUT2D eigenvalue weighted by atomic mass is 10.1. The second-order valence-electron chi connectivity index (χ2n) is 4.70. The van der Waals surface area contributed by atoms with E-state index >= 15 is 0 Å². The summed E-state index contributed by atoms with van der Waals surface area (Å²) >= 11 is 1.30. The number of carboxylic acids is 1. The zero-order valence-electron chi connectivity index (χ0n) is 10.8. The number of benzene rings is 1. The second-order valence-corrected chi connectivity index (χ2v) is 5.61. The molecule has 2 heterocycles. The van der Waals surface area contributed by atoms with Gasteiger partial charge in [0.25, 0.3) is 0 Å². The molecule has 1 aliphatic rings. The Morgan fingerprint density at radius 2 is 2.05 bits per heavy atom. The van der Waals surface area contributed by atoms with Crippen molar-refractivity contribution in [3.8, 4) is 0 Å². The molecule has 0 aliphatic carbocycles. The summed E-state index contributed by atoms with van der Waals surface area (Å²) in [6.45, 7) is 3.78. The van der Waals surface area contributed by atoms with Crippen LogP contribution in [0.25, 0.3) is 10.1 Å². The fourth-order valence-corrected chi connectivity index (χ4v) is 3.31. The van der Waals surface area contributed by atoms with Gasteiger partial charge in [0.15, 0.2) is 0 Å². The number of rotatable bonds is 2. The quantitative estimate of drug-likeness (QED) is 0.874. The first kappa shape index (κ1) is 13.1. The van der Waals surface area contributed by atoms with Gasteiger partial charge in [-0.1, -0.05) is 0 Å². The Bertz CT molecular complexity index is 720. The fourth-order valence-electron chi connectivity index (χ4n) is 2.38. The molecule has 0 bridgehead atoms. The highest BCUT2D eigenvalue weighted by Gasteiger charge is 2.14. The molecule has 1 saturated heterocycles. The highest BCUT2D eigenvalue weighted by molar-refractivity contribution is 7.16. The van der Waals surface area contributed by atoms with E-state index in [1.54, 1.807) is 6.07 Å². The summed E-state index contributed by atoms with van der Waals surface area (Å²) in [5, 5.41) is 14.2.